The molecule has 1 amide bonds. The predicted octanol–water partition coefficient (Wildman–Crippen LogP) is 2.76. The molecule has 1 aromatic heterocycles. The number of amides is 1. The summed E-state index contributed by atoms with van der Waals surface area (Å²) in [5, 5.41) is 13.4. The van der Waals surface area contributed by atoms with Crippen LogP contribution in [0.2, 0.25) is 0 Å². The zero-order chi connectivity index (χ0) is 18.9. The van der Waals surface area contributed by atoms with Crippen molar-refractivity contribution < 1.29 is 18.1 Å². The molecule has 1 N–H and O–H groups in total. The van der Waals surface area contributed by atoms with E-state index < -0.39 is 26.9 Å². The number of hydrogen-bond acceptors (Lipinski definition) is 6. The van der Waals surface area contributed by atoms with Crippen LogP contribution in [0.4, 0.5) is 11.4 Å². The lowest BCUT2D eigenvalue weighted by Crippen LogP contribution is -2.42. The van der Waals surface area contributed by atoms with Gasteiger partial charge in [-0.1, -0.05) is 6.07 Å². The van der Waals surface area contributed by atoms with Crippen LogP contribution in [0.5, 0.6) is 0 Å². The van der Waals surface area contributed by atoms with Crippen LogP contribution in [-0.2, 0) is 14.8 Å². The Bertz CT molecular complexity index is 954. The van der Waals surface area contributed by atoms with Gasteiger partial charge in [0.1, 0.15) is 10.3 Å². The van der Waals surface area contributed by atoms with E-state index >= 15 is 0 Å². The van der Waals surface area contributed by atoms with Crippen LogP contribution >= 0.6 is 11.3 Å². The molecule has 0 aliphatic carbocycles. The molecule has 0 radical (unpaired) electrons. The van der Waals surface area contributed by atoms with Gasteiger partial charge in [0.15, 0.2) is 0 Å². The molecule has 0 saturated carbocycles. The van der Waals surface area contributed by atoms with Gasteiger partial charge in [0.05, 0.1) is 4.92 Å². The molecule has 1 fully saturated rings. The lowest BCUT2D eigenvalue weighted by atomic mass is 10.2. The molecule has 26 heavy (non-hydrogen) atoms. The first kappa shape index (κ1) is 18.5. The van der Waals surface area contributed by atoms with Gasteiger partial charge in [-0.2, -0.15) is 4.31 Å². The van der Waals surface area contributed by atoms with Gasteiger partial charge in [0.2, 0.25) is 5.91 Å². The number of sulfonamides is 1. The number of nitro groups is 1. The quantitative estimate of drug-likeness (QED) is 0.618. The maximum Gasteiger partial charge on any atom is 0.271 e. The molecule has 0 bridgehead atoms. The summed E-state index contributed by atoms with van der Waals surface area (Å²) >= 11 is 1.17. The smallest absolute Gasteiger partial charge is 0.271 e. The Morgan fingerprint density at radius 3 is 2.77 bits per heavy atom. The van der Waals surface area contributed by atoms with E-state index in [-0.39, 0.29) is 22.1 Å². The first-order valence-electron chi connectivity index (χ1n) is 7.92. The van der Waals surface area contributed by atoms with Gasteiger partial charge < -0.3 is 5.32 Å². The molecule has 1 aromatic carbocycles. The Kier molecular flexibility index (Phi) is 5.08. The molecule has 0 spiro atoms. The van der Waals surface area contributed by atoms with Crippen LogP contribution in [0, 0.1) is 17.0 Å². The van der Waals surface area contributed by atoms with Crippen molar-refractivity contribution in [1.29, 1.82) is 0 Å². The van der Waals surface area contributed by atoms with Gasteiger partial charge in [0, 0.05) is 29.2 Å². The van der Waals surface area contributed by atoms with Crippen LogP contribution in [0.25, 0.3) is 0 Å². The number of aryl methyl sites for hydroxylation is 1. The monoisotopic (exact) mass is 395 g/mol. The summed E-state index contributed by atoms with van der Waals surface area (Å²) in [5.74, 6) is -0.486. The molecule has 2 aromatic rings. The molecule has 10 heteroatoms. The van der Waals surface area contributed by atoms with Crippen molar-refractivity contribution in [1.82, 2.24) is 4.31 Å². The lowest BCUT2D eigenvalue weighted by molar-refractivity contribution is -0.384. The molecule has 1 atom stereocenters. The highest BCUT2D eigenvalue weighted by molar-refractivity contribution is 7.91. The third-order valence-electron chi connectivity index (χ3n) is 4.11. The van der Waals surface area contributed by atoms with E-state index in [1.165, 1.54) is 39.9 Å². The first-order valence-corrected chi connectivity index (χ1v) is 10.2. The largest absolute Gasteiger partial charge is 0.324 e. The summed E-state index contributed by atoms with van der Waals surface area (Å²) in [6.45, 7) is 2.09. The number of benzene rings is 1. The number of hydrogen-bond donors (Lipinski definition) is 1. The second kappa shape index (κ2) is 7.14. The maximum absolute atomic E-state index is 12.8. The second-order valence-electron chi connectivity index (χ2n) is 5.94. The predicted molar refractivity (Wildman–Crippen MR) is 97.7 cm³/mol. The number of rotatable bonds is 5. The highest BCUT2D eigenvalue weighted by Gasteiger charge is 2.40. The minimum atomic E-state index is -3.74. The van der Waals surface area contributed by atoms with E-state index in [2.05, 4.69) is 5.32 Å². The number of nitro benzene ring substituents is 1. The van der Waals surface area contributed by atoms with Crippen molar-refractivity contribution >= 4 is 38.6 Å². The zero-order valence-corrected chi connectivity index (χ0v) is 15.5. The summed E-state index contributed by atoms with van der Waals surface area (Å²) < 4.78 is 27.1. The first-order chi connectivity index (χ1) is 12.3. The third-order valence-corrected chi connectivity index (χ3v) is 7.49. The Morgan fingerprint density at radius 2 is 2.12 bits per heavy atom. The summed E-state index contributed by atoms with van der Waals surface area (Å²) in [5.41, 5.74) is 0.119. The van der Waals surface area contributed by atoms with Gasteiger partial charge in [0.25, 0.3) is 15.7 Å². The van der Waals surface area contributed by atoms with Crippen LogP contribution in [0.1, 0.15) is 17.7 Å². The van der Waals surface area contributed by atoms with E-state index in [9.17, 15) is 23.3 Å². The molecule has 1 aliphatic rings. The van der Waals surface area contributed by atoms with Crippen LogP contribution in [-0.4, -0.2) is 36.1 Å². The molecule has 1 aliphatic heterocycles. The van der Waals surface area contributed by atoms with Crippen molar-refractivity contribution in [3.63, 3.8) is 0 Å². The zero-order valence-electron chi connectivity index (χ0n) is 13.9. The van der Waals surface area contributed by atoms with Crippen molar-refractivity contribution in [3.05, 3.63) is 51.4 Å². The van der Waals surface area contributed by atoms with Crippen LogP contribution < -0.4 is 5.32 Å². The lowest BCUT2D eigenvalue weighted by Gasteiger charge is -2.22. The summed E-state index contributed by atoms with van der Waals surface area (Å²) in [6, 6.07) is 8.00. The normalized spacial score (nSPS) is 18.0. The number of carbonyl (C=O) groups is 1. The molecular formula is C16H17N3O5S2. The highest BCUT2D eigenvalue weighted by atomic mass is 32.2. The van der Waals surface area contributed by atoms with Crippen molar-refractivity contribution in [3.8, 4) is 0 Å². The molecule has 3 rings (SSSR count). The molecule has 1 unspecified atom stereocenters. The van der Waals surface area contributed by atoms with Gasteiger partial charge in [-0.3, -0.25) is 14.9 Å². The molecular weight excluding hydrogens is 378 g/mol. The van der Waals surface area contributed by atoms with E-state index in [1.54, 1.807) is 12.1 Å². The Hall–Kier alpha value is -2.30. The molecule has 138 valence electrons. The second-order valence-corrected chi connectivity index (χ2v) is 9.34. The standard InChI is InChI=1S/C16H17N3O5S2/c1-11-7-8-15(25-11)26(23,24)18-9-3-6-14(18)16(20)17-12-4-2-5-13(10-12)19(21)22/h2,4-5,7-8,10,14H,3,6,9H2,1H3,(H,17,20). The van der Waals surface area contributed by atoms with Crippen LogP contribution in [0.15, 0.2) is 40.6 Å². The average Bonchev–Trinajstić information content (AvgIpc) is 3.24. The minimum absolute atomic E-state index is 0.146. The van der Waals surface area contributed by atoms with Gasteiger partial charge in [-0.15, -0.1) is 11.3 Å². The number of non-ortho nitro benzene ring substituents is 1. The average molecular weight is 395 g/mol. The number of thiophene rings is 1. The molecule has 2 heterocycles. The topological polar surface area (TPSA) is 110 Å². The van der Waals surface area contributed by atoms with Crippen LogP contribution in [0.3, 0.4) is 0 Å². The third kappa shape index (κ3) is 3.62. The van der Waals surface area contributed by atoms with E-state index in [4.69, 9.17) is 0 Å². The highest BCUT2D eigenvalue weighted by Crippen LogP contribution is 2.30. The number of carbonyl (C=O) groups excluding carboxylic acids is 1. The van der Waals surface area contributed by atoms with E-state index in [0.717, 1.165) is 4.88 Å². The van der Waals surface area contributed by atoms with Gasteiger partial charge >= 0.3 is 0 Å². The fourth-order valence-electron chi connectivity index (χ4n) is 2.88. The summed E-state index contributed by atoms with van der Waals surface area (Å²) in [7, 11) is -3.74. The van der Waals surface area contributed by atoms with E-state index in [0.29, 0.717) is 12.8 Å². The molecule has 8 nitrogen and oxygen atoms in total. The summed E-state index contributed by atoms with van der Waals surface area (Å²) in [4.78, 5) is 23.8. The fraction of sp³-hybridized carbons (Fsp3) is 0.312. The number of nitrogens with one attached hydrogen (secondary N) is 1. The van der Waals surface area contributed by atoms with Gasteiger partial charge in [-0.25, -0.2) is 8.42 Å². The summed E-state index contributed by atoms with van der Waals surface area (Å²) in [6.07, 6.45) is 0.987. The van der Waals surface area contributed by atoms with Crippen molar-refractivity contribution in [2.24, 2.45) is 0 Å². The number of nitrogens with zero attached hydrogens (tertiary/aromatic N) is 2. The van der Waals surface area contributed by atoms with Gasteiger partial charge in [-0.05, 0) is 38.0 Å². The number of anilines is 1. The maximum atomic E-state index is 12.8. The van der Waals surface area contributed by atoms with E-state index in [1.807, 2.05) is 6.92 Å². The Labute approximate surface area is 154 Å². The Morgan fingerprint density at radius 1 is 1.35 bits per heavy atom. The molecule has 1 saturated heterocycles. The SMILES string of the molecule is Cc1ccc(S(=O)(=O)N2CCCC2C(=O)Nc2cccc([N+](=O)[O-])c2)s1. The fourth-order valence-corrected chi connectivity index (χ4v) is 5.95. The minimum Gasteiger partial charge on any atom is -0.324 e. The Balaban J connectivity index is 1.80. The van der Waals surface area contributed by atoms with Crippen molar-refractivity contribution in [2.75, 3.05) is 11.9 Å². The van der Waals surface area contributed by atoms with Crippen molar-refractivity contribution in [2.45, 2.75) is 30.0 Å².